The molecule has 0 spiro atoms. The van der Waals surface area contributed by atoms with E-state index < -0.39 is 0 Å². The van der Waals surface area contributed by atoms with Gasteiger partial charge in [-0.15, -0.1) is 0 Å². The number of nitrogens with zero attached hydrogens (tertiary/aromatic N) is 2. The maximum absolute atomic E-state index is 4.97. The Balaban J connectivity index is 2.31. The van der Waals surface area contributed by atoms with Gasteiger partial charge in [-0.2, -0.15) is 11.8 Å². The van der Waals surface area contributed by atoms with Gasteiger partial charge in [0.05, 0.1) is 0 Å². The second-order valence-electron chi connectivity index (χ2n) is 6.85. The Morgan fingerprint density at radius 3 is 2.76 bits per heavy atom. The molecule has 0 bridgehead atoms. The number of hydrogen-bond donors (Lipinski definition) is 1. The van der Waals surface area contributed by atoms with Crippen molar-refractivity contribution in [3.05, 3.63) is 23.4 Å². The van der Waals surface area contributed by atoms with E-state index in [0.29, 0.717) is 0 Å². The van der Waals surface area contributed by atoms with E-state index in [1.807, 2.05) is 7.05 Å². The minimum absolute atomic E-state index is 0.0905. The lowest BCUT2D eigenvalue weighted by atomic mass is 9.90. The van der Waals surface area contributed by atoms with Gasteiger partial charge in [-0.1, -0.05) is 27.7 Å². The van der Waals surface area contributed by atoms with Crippen molar-refractivity contribution in [3.63, 3.8) is 0 Å². The summed E-state index contributed by atoms with van der Waals surface area (Å²) in [5.41, 5.74) is 2.61. The van der Waals surface area contributed by atoms with Crippen LogP contribution in [0.2, 0.25) is 0 Å². The minimum Gasteiger partial charge on any atom is -0.355 e. The largest absolute Gasteiger partial charge is 0.355 e. The first-order chi connectivity index (χ1) is 9.94. The molecule has 1 fully saturated rings. The number of nitrogens with one attached hydrogen (secondary N) is 1. The Morgan fingerprint density at radius 1 is 1.38 bits per heavy atom. The summed E-state index contributed by atoms with van der Waals surface area (Å²) >= 11 is 2.10. The molecule has 0 amide bonds. The Kier molecular flexibility index (Phi) is 5.55. The second kappa shape index (κ2) is 7.01. The number of thioether (sulfide) groups is 1. The fourth-order valence-corrected chi connectivity index (χ4v) is 3.78. The van der Waals surface area contributed by atoms with Crippen LogP contribution in [-0.4, -0.2) is 36.1 Å². The Morgan fingerprint density at radius 2 is 2.14 bits per heavy atom. The summed E-state index contributed by atoms with van der Waals surface area (Å²) in [4.78, 5) is 7.44. The fraction of sp³-hybridized carbons (Fsp3) is 0.706. The Labute approximate surface area is 133 Å². The summed E-state index contributed by atoms with van der Waals surface area (Å²) in [6, 6.07) is 4.50. The van der Waals surface area contributed by atoms with Crippen LogP contribution >= 0.6 is 11.8 Å². The van der Waals surface area contributed by atoms with E-state index in [1.165, 1.54) is 23.4 Å². The molecule has 21 heavy (non-hydrogen) atoms. The number of anilines is 1. The van der Waals surface area contributed by atoms with Crippen LogP contribution in [0.15, 0.2) is 12.1 Å². The molecule has 1 aromatic heterocycles. The van der Waals surface area contributed by atoms with Crippen molar-refractivity contribution in [1.82, 2.24) is 10.3 Å². The highest BCUT2D eigenvalue weighted by Gasteiger charge is 2.23. The summed E-state index contributed by atoms with van der Waals surface area (Å²) in [6.07, 6.45) is 1.24. The number of hydrogen-bond acceptors (Lipinski definition) is 4. The van der Waals surface area contributed by atoms with E-state index in [1.54, 1.807) is 0 Å². The van der Waals surface area contributed by atoms with Gasteiger partial charge in [-0.05, 0) is 31.2 Å². The molecule has 0 radical (unpaired) electrons. The zero-order valence-corrected chi connectivity index (χ0v) is 14.9. The van der Waals surface area contributed by atoms with Crippen molar-refractivity contribution in [2.45, 2.75) is 51.3 Å². The van der Waals surface area contributed by atoms with Gasteiger partial charge in [-0.3, -0.25) is 0 Å². The third kappa shape index (κ3) is 4.36. The van der Waals surface area contributed by atoms with Crippen molar-refractivity contribution in [2.75, 3.05) is 30.8 Å². The molecular formula is C17H29N3S. The molecule has 1 atom stereocenters. The average molecular weight is 308 g/mol. The van der Waals surface area contributed by atoms with E-state index >= 15 is 0 Å². The average Bonchev–Trinajstić information content (AvgIpc) is 2.46. The fourth-order valence-electron chi connectivity index (χ4n) is 2.60. The van der Waals surface area contributed by atoms with Crippen LogP contribution in [0, 0.1) is 0 Å². The van der Waals surface area contributed by atoms with Crippen LogP contribution in [0.5, 0.6) is 0 Å². The zero-order valence-electron chi connectivity index (χ0n) is 14.1. The third-order valence-electron chi connectivity index (χ3n) is 3.94. The molecule has 0 aliphatic carbocycles. The molecule has 1 aliphatic heterocycles. The lowest BCUT2D eigenvalue weighted by Gasteiger charge is -2.34. The van der Waals surface area contributed by atoms with Crippen LogP contribution < -0.4 is 10.2 Å². The maximum atomic E-state index is 4.97. The second-order valence-corrected chi connectivity index (χ2v) is 8.25. The summed E-state index contributed by atoms with van der Waals surface area (Å²) in [7, 11) is 2.00. The van der Waals surface area contributed by atoms with Gasteiger partial charge in [0.15, 0.2) is 0 Å². The normalized spacial score (nSPS) is 19.9. The van der Waals surface area contributed by atoms with Gasteiger partial charge in [0, 0.05) is 41.7 Å². The molecule has 1 aliphatic rings. The van der Waals surface area contributed by atoms with Crippen molar-refractivity contribution in [2.24, 2.45) is 0 Å². The summed E-state index contributed by atoms with van der Waals surface area (Å²) in [6.45, 7) is 12.1. The van der Waals surface area contributed by atoms with Gasteiger partial charge in [0.2, 0.25) is 0 Å². The molecule has 1 aromatic rings. The maximum Gasteiger partial charge on any atom is 0.129 e. The SMILES string of the molecule is CCC1CN(c2cc(CNC)cc(C(C)(C)C)n2)CCS1. The van der Waals surface area contributed by atoms with Crippen molar-refractivity contribution >= 4 is 17.6 Å². The summed E-state index contributed by atoms with van der Waals surface area (Å²) in [5, 5.41) is 4.00. The molecule has 2 heterocycles. The predicted molar refractivity (Wildman–Crippen MR) is 94.5 cm³/mol. The Bertz CT molecular complexity index is 468. The molecule has 1 N–H and O–H groups in total. The van der Waals surface area contributed by atoms with E-state index in [9.17, 15) is 0 Å². The first kappa shape index (κ1) is 16.6. The van der Waals surface area contributed by atoms with Gasteiger partial charge in [0.25, 0.3) is 0 Å². The van der Waals surface area contributed by atoms with Gasteiger partial charge in [0.1, 0.15) is 5.82 Å². The van der Waals surface area contributed by atoms with Crippen LogP contribution in [0.3, 0.4) is 0 Å². The molecule has 1 unspecified atom stereocenters. The molecule has 0 saturated carbocycles. The summed E-state index contributed by atoms with van der Waals surface area (Å²) in [5.74, 6) is 2.37. The van der Waals surface area contributed by atoms with Gasteiger partial charge >= 0.3 is 0 Å². The standard InChI is InChI=1S/C17H29N3S/c1-6-14-12-20(7-8-21-14)16-10-13(11-18-5)9-15(19-16)17(2,3)4/h9-10,14,18H,6-8,11-12H2,1-5H3. The highest BCUT2D eigenvalue weighted by atomic mass is 32.2. The lowest BCUT2D eigenvalue weighted by Crippen LogP contribution is -2.38. The first-order valence-electron chi connectivity index (χ1n) is 7.96. The van der Waals surface area contributed by atoms with Crippen LogP contribution in [0.1, 0.15) is 45.4 Å². The van der Waals surface area contributed by atoms with Gasteiger partial charge < -0.3 is 10.2 Å². The van der Waals surface area contributed by atoms with Crippen molar-refractivity contribution in [3.8, 4) is 0 Å². The molecule has 2 rings (SSSR count). The number of rotatable bonds is 4. The molecule has 1 saturated heterocycles. The zero-order chi connectivity index (χ0) is 15.5. The molecule has 118 valence electrons. The summed E-state index contributed by atoms with van der Waals surface area (Å²) < 4.78 is 0. The molecule has 0 aromatic carbocycles. The quantitative estimate of drug-likeness (QED) is 0.922. The van der Waals surface area contributed by atoms with Crippen LogP contribution in [0.4, 0.5) is 5.82 Å². The van der Waals surface area contributed by atoms with Crippen molar-refractivity contribution < 1.29 is 0 Å². The van der Waals surface area contributed by atoms with Gasteiger partial charge in [-0.25, -0.2) is 4.98 Å². The smallest absolute Gasteiger partial charge is 0.129 e. The van der Waals surface area contributed by atoms with E-state index in [2.05, 4.69) is 61.8 Å². The lowest BCUT2D eigenvalue weighted by molar-refractivity contribution is 0.565. The van der Waals surface area contributed by atoms with E-state index in [-0.39, 0.29) is 5.41 Å². The van der Waals surface area contributed by atoms with E-state index in [4.69, 9.17) is 4.98 Å². The number of aromatic nitrogens is 1. The van der Waals surface area contributed by atoms with Crippen LogP contribution in [-0.2, 0) is 12.0 Å². The molecule has 3 nitrogen and oxygen atoms in total. The first-order valence-corrected chi connectivity index (χ1v) is 9.01. The monoisotopic (exact) mass is 307 g/mol. The third-order valence-corrected chi connectivity index (χ3v) is 5.31. The minimum atomic E-state index is 0.0905. The highest BCUT2D eigenvalue weighted by molar-refractivity contribution is 8.00. The number of pyridine rings is 1. The van der Waals surface area contributed by atoms with Crippen LogP contribution in [0.25, 0.3) is 0 Å². The van der Waals surface area contributed by atoms with E-state index in [0.717, 1.165) is 30.7 Å². The van der Waals surface area contributed by atoms with Crippen molar-refractivity contribution in [1.29, 1.82) is 0 Å². The Hall–Kier alpha value is -0.740. The topological polar surface area (TPSA) is 28.2 Å². The molecular weight excluding hydrogens is 278 g/mol. The highest BCUT2D eigenvalue weighted by Crippen LogP contribution is 2.28. The predicted octanol–water partition coefficient (Wildman–Crippen LogP) is 3.43. The molecule has 4 heteroatoms.